The topological polar surface area (TPSA) is 45.1 Å². The quantitative estimate of drug-likeness (QED) is 0.811. The van der Waals surface area contributed by atoms with Crippen molar-refractivity contribution in [3.63, 3.8) is 0 Å². The molecule has 4 heteroatoms. The molecule has 0 bridgehead atoms. The van der Waals surface area contributed by atoms with E-state index in [4.69, 9.17) is 5.11 Å². The summed E-state index contributed by atoms with van der Waals surface area (Å²) in [5, 5.41) is 12.3. The summed E-state index contributed by atoms with van der Waals surface area (Å²) in [5.74, 6) is 0.835. The maximum atomic E-state index is 9.00. The first kappa shape index (κ1) is 12.5. The number of anilines is 1. The molecule has 0 fully saturated rings. The molecule has 1 aromatic rings. The Kier molecular flexibility index (Phi) is 4.54. The molecule has 1 unspecified atom stereocenters. The van der Waals surface area contributed by atoms with E-state index >= 15 is 0 Å². The molecular weight excluding hydrogens is 256 g/mol. The van der Waals surface area contributed by atoms with Gasteiger partial charge in [0.15, 0.2) is 0 Å². The van der Waals surface area contributed by atoms with Gasteiger partial charge in [-0.15, -0.1) is 0 Å². The molecule has 15 heavy (non-hydrogen) atoms. The van der Waals surface area contributed by atoms with Gasteiger partial charge in [-0.25, -0.2) is 4.98 Å². The summed E-state index contributed by atoms with van der Waals surface area (Å²) in [6.07, 6.45) is 1.67. The smallest absolute Gasteiger partial charge is 0.127 e. The second kappa shape index (κ2) is 5.47. The van der Waals surface area contributed by atoms with Crippen LogP contribution in [0.2, 0.25) is 0 Å². The summed E-state index contributed by atoms with van der Waals surface area (Å²) < 4.78 is 0.815. The Balaban J connectivity index is 2.74. The molecule has 1 aromatic heterocycles. The van der Waals surface area contributed by atoms with Gasteiger partial charge < -0.3 is 10.4 Å². The van der Waals surface area contributed by atoms with Crippen molar-refractivity contribution in [3.8, 4) is 0 Å². The zero-order valence-corrected chi connectivity index (χ0v) is 10.7. The Morgan fingerprint density at radius 3 is 2.80 bits per heavy atom. The number of pyridine rings is 1. The maximum absolute atomic E-state index is 9.00. The van der Waals surface area contributed by atoms with Crippen molar-refractivity contribution in [1.82, 2.24) is 4.98 Å². The van der Waals surface area contributed by atoms with Crippen LogP contribution in [0.4, 0.5) is 5.82 Å². The van der Waals surface area contributed by atoms with Crippen molar-refractivity contribution in [1.29, 1.82) is 0 Å². The molecule has 0 saturated heterocycles. The third-order valence-electron chi connectivity index (χ3n) is 2.59. The van der Waals surface area contributed by atoms with Gasteiger partial charge in [-0.3, -0.25) is 0 Å². The summed E-state index contributed by atoms with van der Waals surface area (Å²) in [5.41, 5.74) is -0.0947. The van der Waals surface area contributed by atoms with Crippen LogP contribution in [-0.4, -0.2) is 22.2 Å². The van der Waals surface area contributed by atoms with Gasteiger partial charge in [0.25, 0.3) is 0 Å². The molecule has 2 N–H and O–H groups in total. The SMILES string of the molecule is CCC(C)(CCO)Nc1cccc(Br)n1. The highest BCUT2D eigenvalue weighted by atomic mass is 79.9. The van der Waals surface area contributed by atoms with Gasteiger partial charge in [0, 0.05) is 12.1 Å². The lowest BCUT2D eigenvalue weighted by Crippen LogP contribution is -2.35. The van der Waals surface area contributed by atoms with Crippen LogP contribution in [0.25, 0.3) is 0 Å². The lowest BCUT2D eigenvalue weighted by molar-refractivity contribution is 0.252. The number of aliphatic hydroxyl groups is 1. The number of hydrogen-bond donors (Lipinski definition) is 2. The molecular formula is C11H17BrN2O. The zero-order chi connectivity index (χ0) is 11.3. The van der Waals surface area contributed by atoms with E-state index in [0.29, 0.717) is 0 Å². The fourth-order valence-electron chi connectivity index (χ4n) is 1.36. The average molecular weight is 273 g/mol. The van der Waals surface area contributed by atoms with Crippen molar-refractivity contribution >= 4 is 21.7 Å². The molecule has 0 amide bonds. The zero-order valence-electron chi connectivity index (χ0n) is 9.13. The molecule has 0 saturated carbocycles. The number of aliphatic hydroxyl groups excluding tert-OH is 1. The second-order valence-corrected chi connectivity index (χ2v) is 4.67. The van der Waals surface area contributed by atoms with E-state index in [9.17, 15) is 0 Å². The molecule has 1 rings (SSSR count). The van der Waals surface area contributed by atoms with E-state index in [1.807, 2.05) is 18.2 Å². The highest BCUT2D eigenvalue weighted by Crippen LogP contribution is 2.21. The number of hydrogen-bond acceptors (Lipinski definition) is 3. The van der Waals surface area contributed by atoms with Crippen molar-refractivity contribution in [2.75, 3.05) is 11.9 Å². The Hall–Kier alpha value is -0.610. The van der Waals surface area contributed by atoms with Crippen LogP contribution in [0, 0.1) is 0 Å². The molecule has 0 aliphatic carbocycles. The van der Waals surface area contributed by atoms with E-state index in [0.717, 1.165) is 23.3 Å². The molecule has 1 atom stereocenters. The number of nitrogens with zero attached hydrogens (tertiary/aromatic N) is 1. The number of nitrogens with one attached hydrogen (secondary N) is 1. The van der Waals surface area contributed by atoms with Crippen LogP contribution in [0.1, 0.15) is 26.7 Å². The van der Waals surface area contributed by atoms with Gasteiger partial charge in [-0.05, 0) is 47.8 Å². The number of rotatable bonds is 5. The number of aromatic nitrogens is 1. The van der Waals surface area contributed by atoms with Gasteiger partial charge in [0.2, 0.25) is 0 Å². The summed E-state index contributed by atoms with van der Waals surface area (Å²) >= 11 is 3.33. The van der Waals surface area contributed by atoms with Crippen molar-refractivity contribution in [3.05, 3.63) is 22.8 Å². The minimum absolute atomic E-state index is 0.0947. The Labute approximate surface area is 99.1 Å². The van der Waals surface area contributed by atoms with E-state index < -0.39 is 0 Å². The average Bonchev–Trinajstić information content (AvgIpc) is 2.18. The molecule has 1 heterocycles. The van der Waals surface area contributed by atoms with Gasteiger partial charge >= 0.3 is 0 Å². The maximum Gasteiger partial charge on any atom is 0.127 e. The summed E-state index contributed by atoms with van der Waals surface area (Å²) in [6.45, 7) is 4.37. The van der Waals surface area contributed by atoms with Gasteiger partial charge in [0.05, 0.1) is 0 Å². The predicted molar refractivity (Wildman–Crippen MR) is 66.0 cm³/mol. The Morgan fingerprint density at radius 2 is 2.27 bits per heavy atom. The molecule has 0 aromatic carbocycles. The number of halogens is 1. The van der Waals surface area contributed by atoms with E-state index in [2.05, 4.69) is 40.1 Å². The van der Waals surface area contributed by atoms with Crippen LogP contribution in [-0.2, 0) is 0 Å². The lowest BCUT2D eigenvalue weighted by atomic mass is 9.95. The molecule has 84 valence electrons. The summed E-state index contributed by atoms with van der Waals surface area (Å²) in [6, 6.07) is 5.75. The monoisotopic (exact) mass is 272 g/mol. The minimum Gasteiger partial charge on any atom is -0.396 e. The fraction of sp³-hybridized carbons (Fsp3) is 0.545. The minimum atomic E-state index is -0.0947. The second-order valence-electron chi connectivity index (χ2n) is 3.86. The third-order valence-corrected chi connectivity index (χ3v) is 3.03. The molecule has 0 aliphatic heterocycles. The van der Waals surface area contributed by atoms with Crippen LogP contribution in [0.15, 0.2) is 22.8 Å². The van der Waals surface area contributed by atoms with Gasteiger partial charge in [-0.1, -0.05) is 13.0 Å². The van der Waals surface area contributed by atoms with E-state index in [-0.39, 0.29) is 12.1 Å². The fourth-order valence-corrected chi connectivity index (χ4v) is 1.71. The first-order chi connectivity index (χ1) is 7.09. The van der Waals surface area contributed by atoms with Gasteiger partial charge in [-0.2, -0.15) is 0 Å². The van der Waals surface area contributed by atoms with E-state index in [1.54, 1.807) is 0 Å². The van der Waals surface area contributed by atoms with Crippen LogP contribution < -0.4 is 5.32 Å². The summed E-state index contributed by atoms with van der Waals surface area (Å²) in [4.78, 5) is 4.31. The van der Waals surface area contributed by atoms with Crippen molar-refractivity contribution in [2.24, 2.45) is 0 Å². The Morgan fingerprint density at radius 1 is 1.53 bits per heavy atom. The first-order valence-electron chi connectivity index (χ1n) is 5.11. The van der Waals surface area contributed by atoms with E-state index in [1.165, 1.54) is 0 Å². The highest BCUT2D eigenvalue weighted by molar-refractivity contribution is 9.10. The Bertz CT molecular complexity index is 319. The van der Waals surface area contributed by atoms with Crippen LogP contribution in [0.3, 0.4) is 0 Å². The highest BCUT2D eigenvalue weighted by Gasteiger charge is 2.21. The standard InChI is InChI=1S/C11H17BrN2O/c1-3-11(2,7-8-15)14-10-6-4-5-9(12)13-10/h4-6,15H,3,7-8H2,1-2H3,(H,13,14). The molecule has 3 nitrogen and oxygen atoms in total. The van der Waals surface area contributed by atoms with Crippen LogP contribution in [0.5, 0.6) is 0 Å². The molecule has 0 radical (unpaired) electrons. The van der Waals surface area contributed by atoms with Crippen molar-refractivity contribution < 1.29 is 5.11 Å². The van der Waals surface area contributed by atoms with Crippen LogP contribution >= 0.6 is 15.9 Å². The van der Waals surface area contributed by atoms with Gasteiger partial charge in [0.1, 0.15) is 10.4 Å². The summed E-state index contributed by atoms with van der Waals surface area (Å²) in [7, 11) is 0. The van der Waals surface area contributed by atoms with Crippen molar-refractivity contribution in [2.45, 2.75) is 32.2 Å². The third kappa shape index (κ3) is 3.80. The predicted octanol–water partition coefficient (Wildman–Crippen LogP) is 2.81. The molecule has 0 aliphatic rings. The lowest BCUT2D eigenvalue weighted by Gasteiger charge is -2.29. The first-order valence-corrected chi connectivity index (χ1v) is 5.90. The normalized spacial score (nSPS) is 14.7. The molecule has 0 spiro atoms. The largest absolute Gasteiger partial charge is 0.396 e.